The summed E-state index contributed by atoms with van der Waals surface area (Å²) in [4.78, 5) is 4.53. The molecule has 1 unspecified atom stereocenters. The van der Waals surface area contributed by atoms with Crippen molar-refractivity contribution in [3.63, 3.8) is 0 Å². The Labute approximate surface area is 126 Å². The molecule has 0 saturated carbocycles. The van der Waals surface area contributed by atoms with Crippen LogP contribution in [0.1, 0.15) is 23.7 Å². The van der Waals surface area contributed by atoms with Gasteiger partial charge in [-0.3, -0.25) is 4.98 Å². The highest BCUT2D eigenvalue weighted by molar-refractivity contribution is 6.30. The summed E-state index contributed by atoms with van der Waals surface area (Å²) < 4.78 is 0. The van der Waals surface area contributed by atoms with Crippen molar-refractivity contribution in [2.24, 2.45) is 0 Å². The van der Waals surface area contributed by atoms with Crippen LogP contribution in [0.3, 0.4) is 0 Å². The van der Waals surface area contributed by atoms with Gasteiger partial charge in [-0.15, -0.1) is 0 Å². The fourth-order valence-electron chi connectivity index (χ4n) is 2.26. The van der Waals surface area contributed by atoms with Crippen LogP contribution in [-0.2, 0) is 19.3 Å². The maximum absolute atomic E-state index is 6.03. The Kier molecular flexibility index (Phi) is 5.57. The van der Waals surface area contributed by atoms with Crippen molar-refractivity contribution in [3.05, 3.63) is 64.4 Å². The van der Waals surface area contributed by atoms with Gasteiger partial charge in [0, 0.05) is 29.4 Å². The summed E-state index contributed by atoms with van der Waals surface area (Å²) in [5.74, 6) is 0. The number of nitrogens with one attached hydrogen (secondary N) is 1. The minimum atomic E-state index is 0.369. The molecule has 1 N–H and O–H groups in total. The lowest BCUT2D eigenvalue weighted by molar-refractivity contribution is 0.550. The second-order valence-electron chi connectivity index (χ2n) is 5.04. The number of aromatic nitrogens is 1. The fourth-order valence-corrected chi connectivity index (χ4v) is 2.48. The molecule has 1 atom stereocenters. The Morgan fingerprint density at radius 3 is 2.60 bits per heavy atom. The third kappa shape index (κ3) is 4.32. The highest BCUT2D eigenvalue weighted by Gasteiger charge is 2.09. The van der Waals surface area contributed by atoms with Crippen molar-refractivity contribution < 1.29 is 0 Å². The van der Waals surface area contributed by atoms with Crippen LogP contribution in [0.2, 0.25) is 5.02 Å². The highest BCUT2D eigenvalue weighted by atomic mass is 35.5. The topological polar surface area (TPSA) is 24.9 Å². The lowest BCUT2D eigenvalue weighted by Crippen LogP contribution is -2.30. The molecular weight excluding hydrogens is 268 g/mol. The molecule has 2 nitrogen and oxygen atoms in total. The first-order valence-corrected chi connectivity index (χ1v) is 7.44. The predicted octanol–water partition coefficient (Wildman–Crippen LogP) is 3.67. The first-order valence-electron chi connectivity index (χ1n) is 7.06. The van der Waals surface area contributed by atoms with E-state index in [1.54, 1.807) is 0 Å². The molecule has 0 bridgehead atoms. The SMILES string of the molecule is CCc1ccc(CC(Cc2cccc(Cl)c2)NC)nc1. The van der Waals surface area contributed by atoms with Gasteiger partial charge in [0.2, 0.25) is 0 Å². The first-order chi connectivity index (χ1) is 9.71. The van der Waals surface area contributed by atoms with Crippen molar-refractivity contribution >= 4 is 11.6 Å². The number of likely N-dealkylation sites (N-methyl/N-ethyl adjacent to an activating group) is 1. The molecule has 0 spiro atoms. The number of halogens is 1. The molecule has 1 heterocycles. The molecule has 0 amide bonds. The Morgan fingerprint density at radius 2 is 2.00 bits per heavy atom. The number of pyridine rings is 1. The molecular formula is C17H21ClN2. The molecule has 0 aliphatic heterocycles. The van der Waals surface area contributed by atoms with Crippen molar-refractivity contribution in [3.8, 4) is 0 Å². The maximum atomic E-state index is 6.03. The van der Waals surface area contributed by atoms with Crippen molar-refractivity contribution in [2.75, 3.05) is 7.05 Å². The van der Waals surface area contributed by atoms with Crippen LogP contribution in [0.25, 0.3) is 0 Å². The summed E-state index contributed by atoms with van der Waals surface area (Å²) in [5.41, 5.74) is 3.66. The van der Waals surface area contributed by atoms with Gasteiger partial charge in [0.05, 0.1) is 0 Å². The number of nitrogens with zero attached hydrogens (tertiary/aromatic N) is 1. The summed E-state index contributed by atoms with van der Waals surface area (Å²) in [6.45, 7) is 2.15. The number of rotatable bonds is 6. The van der Waals surface area contributed by atoms with E-state index in [4.69, 9.17) is 11.6 Å². The van der Waals surface area contributed by atoms with Gasteiger partial charge in [-0.25, -0.2) is 0 Å². The second-order valence-corrected chi connectivity index (χ2v) is 5.47. The zero-order chi connectivity index (χ0) is 14.4. The van der Waals surface area contributed by atoms with Crippen LogP contribution in [0.15, 0.2) is 42.6 Å². The average molecular weight is 289 g/mol. The van der Waals surface area contributed by atoms with E-state index >= 15 is 0 Å². The number of hydrogen-bond acceptors (Lipinski definition) is 2. The monoisotopic (exact) mass is 288 g/mol. The standard InChI is InChI=1S/C17H21ClN2/c1-3-13-7-8-16(20-12-13)11-17(19-2)10-14-5-4-6-15(18)9-14/h4-9,12,17,19H,3,10-11H2,1-2H3. The third-order valence-corrected chi connectivity index (χ3v) is 3.76. The largest absolute Gasteiger partial charge is 0.316 e. The van der Waals surface area contributed by atoms with Crippen LogP contribution in [0, 0.1) is 0 Å². The fraction of sp³-hybridized carbons (Fsp3) is 0.353. The van der Waals surface area contributed by atoms with Crippen molar-refractivity contribution in [1.29, 1.82) is 0 Å². The third-order valence-electron chi connectivity index (χ3n) is 3.53. The Morgan fingerprint density at radius 1 is 1.15 bits per heavy atom. The van der Waals surface area contributed by atoms with Gasteiger partial charge in [0.1, 0.15) is 0 Å². The van der Waals surface area contributed by atoms with Crippen LogP contribution in [0.4, 0.5) is 0 Å². The summed E-state index contributed by atoms with van der Waals surface area (Å²) in [6, 6.07) is 12.7. The number of hydrogen-bond donors (Lipinski definition) is 1. The number of benzene rings is 1. The zero-order valence-electron chi connectivity index (χ0n) is 12.1. The molecule has 0 fully saturated rings. The molecule has 20 heavy (non-hydrogen) atoms. The van der Waals surface area contributed by atoms with E-state index in [1.165, 1.54) is 11.1 Å². The van der Waals surface area contributed by atoms with Gasteiger partial charge in [-0.2, -0.15) is 0 Å². The molecule has 3 heteroatoms. The molecule has 0 aliphatic carbocycles. The van der Waals surface area contributed by atoms with Gasteiger partial charge in [-0.05, 0) is 49.2 Å². The molecule has 2 aromatic rings. The second kappa shape index (κ2) is 7.41. The summed E-state index contributed by atoms with van der Waals surface area (Å²) >= 11 is 6.03. The molecule has 0 aliphatic rings. The quantitative estimate of drug-likeness (QED) is 0.877. The lowest BCUT2D eigenvalue weighted by atomic mass is 10.0. The highest BCUT2D eigenvalue weighted by Crippen LogP contribution is 2.14. The van der Waals surface area contributed by atoms with E-state index in [2.05, 4.69) is 35.4 Å². The van der Waals surface area contributed by atoms with Gasteiger partial charge in [0.25, 0.3) is 0 Å². The normalized spacial score (nSPS) is 12.3. The van der Waals surface area contributed by atoms with Crippen LogP contribution in [-0.4, -0.2) is 18.1 Å². The van der Waals surface area contributed by atoms with Crippen molar-refractivity contribution in [2.45, 2.75) is 32.2 Å². The summed E-state index contributed by atoms with van der Waals surface area (Å²) in [7, 11) is 2.00. The molecule has 106 valence electrons. The van der Waals surface area contributed by atoms with E-state index in [0.29, 0.717) is 6.04 Å². The summed E-state index contributed by atoms with van der Waals surface area (Å²) in [6.07, 6.45) is 4.88. The minimum Gasteiger partial charge on any atom is -0.316 e. The van der Waals surface area contributed by atoms with E-state index in [0.717, 1.165) is 30.0 Å². The predicted molar refractivity (Wildman–Crippen MR) is 85.3 cm³/mol. The molecule has 0 saturated heterocycles. The van der Waals surface area contributed by atoms with Gasteiger partial charge >= 0.3 is 0 Å². The first kappa shape index (κ1) is 15.0. The van der Waals surface area contributed by atoms with Crippen LogP contribution >= 0.6 is 11.6 Å². The van der Waals surface area contributed by atoms with Crippen LogP contribution < -0.4 is 5.32 Å². The van der Waals surface area contributed by atoms with E-state index in [1.807, 2.05) is 31.4 Å². The molecule has 0 radical (unpaired) electrons. The number of aryl methyl sites for hydroxylation is 1. The van der Waals surface area contributed by atoms with E-state index in [-0.39, 0.29) is 0 Å². The zero-order valence-corrected chi connectivity index (χ0v) is 12.8. The minimum absolute atomic E-state index is 0.369. The lowest BCUT2D eigenvalue weighted by Gasteiger charge is -2.16. The molecule has 1 aromatic heterocycles. The Bertz CT molecular complexity index is 537. The molecule has 2 rings (SSSR count). The van der Waals surface area contributed by atoms with Gasteiger partial charge in [0.15, 0.2) is 0 Å². The van der Waals surface area contributed by atoms with Gasteiger partial charge in [-0.1, -0.05) is 36.7 Å². The summed E-state index contributed by atoms with van der Waals surface area (Å²) in [5, 5.41) is 4.16. The maximum Gasteiger partial charge on any atom is 0.0419 e. The van der Waals surface area contributed by atoms with E-state index < -0.39 is 0 Å². The van der Waals surface area contributed by atoms with Crippen LogP contribution in [0.5, 0.6) is 0 Å². The Hall–Kier alpha value is -1.38. The van der Waals surface area contributed by atoms with E-state index in [9.17, 15) is 0 Å². The average Bonchev–Trinajstić information content (AvgIpc) is 2.47. The molecule has 1 aromatic carbocycles. The van der Waals surface area contributed by atoms with Crippen molar-refractivity contribution in [1.82, 2.24) is 10.3 Å². The van der Waals surface area contributed by atoms with Gasteiger partial charge < -0.3 is 5.32 Å². The smallest absolute Gasteiger partial charge is 0.0419 e. The Balaban J connectivity index is 2.01.